The first-order chi connectivity index (χ1) is 10.1. The van der Waals surface area contributed by atoms with Gasteiger partial charge in [-0.1, -0.05) is 20.8 Å². The van der Waals surface area contributed by atoms with Gasteiger partial charge >= 0.3 is 5.97 Å². The predicted molar refractivity (Wildman–Crippen MR) is 86.9 cm³/mol. The molecule has 0 spiro atoms. The van der Waals surface area contributed by atoms with Crippen molar-refractivity contribution in [3.63, 3.8) is 0 Å². The third-order valence-electron chi connectivity index (χ3n) is 2.81. The van der Waals surface area contributed by atoms with Gasteiger partial charge in [-0.25, -0.2) is 0 Å². The molecule has 0 aromatic rings. The van der Waals surface area contributed by atoms with Crippen LogP contribution < -0.4 is 0 Å². The van der Waals surface area contributed by atoms with Crippen LogP contribution in [-0.4, -0.2) is 52.2 Å². The van der Waals surface area contributed by atoms with Gasteiger partial charge in [0.25, 0.3) is 0 Å². The molecule has 22 heavy (non-hydrogen) atoms. The molecular weight excluding hydrogens is 284 g/mol. The fourth-order valence-corrected chi connectivity index (χ4v) is 1.33. The Balaban J connectivity index is 3.23. The highest BCUT2D eigenvalue weighted by atomic mass is 16.6. The summed E-state index contributed by atoms with van der Waals surface area (Å²) < 4.78 is 21.3. The highest BCUT2D eigenvalue weighted by Gasteiger charge is 2.22. The van der Waals surface area contributed by atoms with E-state index in [2.05, 4.69) is 20.8 Å². The molecule has 0 N–H and O–H groups in total. The van der Waals surface area contributed by atoms with Crippen LogP contribution in [0.3, 0.4) is 0 Å². The molecule has 132 valence electrons. The summed E-state index contributed by atoms with van der Waals surface area (Å²) in [6, 6.07) is 0. The molecule has 5 heteroatoms. The van der Waals surface area contributed by atoms with Crippen molar-refractivity contribution in [1.82, 2.24) is 0 Å². The van der Waals surface area contributed by atoms with Crippen LogP contribution in [0.5, 0.6) is 0 Å². The molecule has 0 amide bonds. The first-order valence-electron chi connectivity index (χ1n) is 8.03. The van der Waals surface area contributed by atoms with Gasteiger partial charge < -0.3 is 18.9 Å². The van der Waals surface area contributed by atoms with Gasteiger partial charge in [0.2, 0.25) is 0 Å². The zero-order valence-electron chi connectivity index (χ0n) is 15.2. The highest BCUT2D eigenvalue weighted by molar-refractivity contribution is 5.75. The van der Waals surface area contributed by atoms with E-state index >= 15 is 0 Å². The van der Waals surface area contributed by atoms with Crippen LogP contribution in [0.15, 0.2) is 0 Å². The largest absolute Gasteiger partial charge is 0.463 e. The van der Waals surface area contributed by atoms with E-state index in [4.69, 9.17) is 18.9 Å². The van der Waals surface area contributed by atoms with Crippen molar-refractivity contribution in [3.8, 4) is 0 Å². The lowest BCUT2D eigenvalue weighted by Gasteiger charge is -2.17. The molecule has 0 radical (unpaired) electrons. The average Bonchev–Trinajstić information content (AvgIpc) is 2.37. The Hall–Kier alpha value is -0.650. The zero-order chi connectivity index (χ0) is 17.1. The van der Waals surface area contributed by atoms with E-state index in [0.29, 0.717) is 38.4 Å². The average molecular weight is 318 g/mol. The maximum Gasteiger partial charge on any atom is 0.311 e. The molecule has 0 saturated carbocycles. The SMILES string of the molecule is CC(C)(C)CCOCCOCCOCCOC(=O)C(C)(C)C. The molecule has 0 heterocycles. The van der Waals surface area contributed by atoms with Crippen LogP contribution in [0.4, 0.5) is 0 Å². The lowest BCUT2D eigenvalue weighted by Crippen LogP contribution is -2.24. The molecule has 0 rings (SSSR count). The van der Waals surface area contributed by atoms with E-state index in [1.165, 1.54) is 0 Å². The Morgan fingerprint density at radius 1 is 0.682 bits per heavy atom. The first-order valence-corrected chi connectivity index (χ1v) is 8.03. The van der Waals surface area contributed by atoms with Crippen molar-refractivity contribution < 1.29 is 23.7 Å². The van der Waals surface area contributed by atoms with Gasteiger partial charge in [0.05, 0.1) is 38.4 Å². The number of rotatable bonds is 11. The number of carbonyl (C=O) groups excluding carboxylic acids is 1. The molecule has 5 nitrogen and oxygen atoms in total. The number of hydrogen-bond donors (Lipinski definition) is 0. The van der Waals surface area contributed by atoms with Gasteiger partial charge in [-0.15, -0.1) is 0 Å². The molecule has 0 saturated heterocycles. The first kappa shape index (κ1) is 21.4. The normalized spacial score (nSPS) is 12.5. The second-order valence-corrected chi connectivity index (χ2v) is 7.53. The molecule has 0 aliphatic heterocycles. The van der Waals surface area contributed by atoms with Crippen molar-refractivity contribution in [3.05, 3.63) is 0 Å². The maximum absolute atomic E-state index is 11.5. The van der Waals surface area contributed by atoms with E-state index in [1.807, 2.05) is 20.8 Å². The molecular formula is C17H34O5. The van der Waals surface area contributed by atoms with Gasteiger partial charge in [-0.2, -0.15) is 0 Å². The second-order valence-electron chi connectivity index (χ2n) is 7.53. The Bertz CT molecular complexity index is 288. The van der Waals surface area contributed by atoms with Crippen molar-refractivity contribution in [2.75, 3.05) is 46.2 Å². The molecule has 0 bridgehead atoms. The summed E-state index contributed by atoms with van der Waals surface area (Å²) in [7, 11) is 0. The highest BCUT2D eigenvalue weighted by Crippen LogP contribution is 2.17. The summed E-state index contributed by atoms with van der Waals surface area (Å²) in [5.41, 5.74) is -0.152. The van der Waals surface area contributed by atoms with Gasteiger partial charge in [0, 0.05) is 6.61 Å². The summed E-state index contributed by atoms with van der Waals surface area (Å²) in [4.78, 5) is 11.5. The minimum absolute atomic E-state index is 0.209. The van der Waals surface area contributed by atoms with Crippen LogP contribution in [-0.2, 0) is 23.7 Å². The predicted octanol–water partition coefficient (Wildman–Crippen LogP) is 3.06. The topological polar surface area (TPSA) is 54.0 Å². The van der Waals surface area contributed by atoms with Crippen LogP contribution in [0.25, 0.3) is 0 Å². The van der Waals surface area contributed by atoms with Crippen molar-refractivity contribution in [1.29, 1.82) is 0 Å². The van der Waals surface area contributed by atoms with Gasteiger partial charge in [-0.3, -0.25) is 4.79 Å². The third kappa shape index (κ3) is 14.3. The van der Waals surface area contributed by atoms with Crippen LogP contribution in [0.2, 0.25) is 0 Å². The summed E-state index contributed by atoms with van der Waals surface area (Å²) in [6.07, 6.45) is 1.05. The lowest BCUT2D eigenvalue weighted by atomic mass is 9.93. The number of hydrogen-bond acceptors (Lipinski definition) is 5. The third-order valence-corrected chi connectivity index (χ3v) is 2.81. The van der Waals surface area contributed by atoms with Crippen molar-refractivity contribution in [2.45, 2.75) is 48.0 Å². The zero-order valence-corrected chi connectivity index (χ0v) is 15.2. The van der Waals surface area contributed by atoms with E-state index < -0.39 is 5.41 Å². The smallest absolute Gasteiger partial charge is 0.311 e. The summed E-state index contributed by atoms with van der Waals surface area (Å²) in [6.45, 7) is 15.7. The summed E-state index contributed by atoms with van der Waals surface area (Å²) >= 11 is 0. The molecule has 0 aromatic carbocycles. The molecule has 0 aromatic heterocycles. The van der Waals surface area contributed by atoms with E-state index in [1.54, 1.807) is 0 Å². The summed E-state index contributed by atoms with van der Waals surface area (Å²) in [5, 5.41) is 0. The molecule has 0 aliphatic carbocycles. The minimum atomic E-state index is -0.462. The fourth-order valence-electron chi connectivity index (χ4n) is 1.33. The Morgan fingerprint density at radius 2 is 1.09 bits per heavy atom. The van der Waals surface area contributed by atoms with E-state index in [0.717, 1.165) is 13.0 Å². The Labute approximate surface area is 135 Å². The molecule has 0 aliphatic rings. The summed E-state index contributed by atoms with van der Waals surface area (Å²) in [5.74, 6) is -0.209. The molecule has 0 fully saturated rings. The van der Waals surface area contributed by atoms with Crippen LogP contribution >= 0.6 is 0 Å². The van der Waals surface area contributed by atoms with E-state index in [9.17, 15) is 4.79 Å². The van der Waals surface area contributed by atoms with Gasteiger partial charge in [-0.05, 0) is 32.6 Å². The number of ether oxygens (including phenoxy) is 4. The molecule has 0 atom stereocenters. The van der Waals surface area contributed by atoms with Crippen molar-refractivity contribution in [2.24, 2.45) is 10.8 Å². The standard InChI is InChI=1S/C17H34O5/c1-16(2,3)7-8-19-9-10-20-11-12-21-13-14-22-15(18)17(4,5)6/h7-14H2,1-6H3. The quantitative estimate of drug-likeness (QED) is 0.433. The van der Waals surface area contributed by atoms with E-state index in [-0.39, 0.29) is 12.6 Å². The number of carbonyl (C=O) groups is 1. The lowest BCUT2D eigenvalue weighted by molar-refractivity contribution is -0.154. The maximum atomic E-state index is 11.5. The minimum Gasteiger partial charge on any atom is -0.463 e. The Kier molecular flexibility index (Phi) is 10.6. The van der Waals surface area contributed by atoms with Gasteiger partial charge in [0.1, 0.15) is 6.61 Å². The number of esters is 1. The van der Waals surface area contributed by atoms with Gasteiger partial charge in [0.15, 0.2) is 0 Å². The van der Waals surface area contributed by atoms with Crippen LogP contribution in [0.1, 0.15) is 48.0 Å². The van der Waals surface area contributed by atoms with Crippen LogP contribution in [0, 0.1) is 10.8 Å². The second kappa shape index (κ2) is 11.0. The monoisotopic (exact) mass is 318 g/mol. The molecule has 0 unspecified atom stereocenters. The Morgan fingerprint density at radius 3 is 1.50 bits per heavy atom. The fraction of sp³-hybridized carbons (Fsp3) is 0.941. The van der Waals surface area contributed by atoms with Crippen molar-refractivity contribution >= 4 is 5.97 Å².